The van der Waals surface area contributed by atoms with Crippen LogP contribution in [-0.2, 0) is 16.4 Å². The van der Waals surface area contributed by atoms with E-state index in [1.807, 2.05) is 25.1 Å². The molecule has 1 amide bonds. The number of sulfonamides is 1. The molecule has 0 unspecified atom stereocenters. The summed E-state index contributed by atoms with van der Waals surface area (Å²) in [7, 11) is -3.31. The Bertz CT molecular complexity index is 1170. The monoisotopic (exact) mass is 417 g/mol. The largest absolute Gasteiger partial charge is 0.494 e. The fourth-order valence-corrected chi connectivity index (χ4v) is 5.09. The third-order valence-electron chi connectivity index (χ3n) is 4.49. The molecule has 7 nitrogen and oxygen atoms in total. The van der Waals surface area contributed by atoms with Crippen LogP contribution in [0.3, 0.4) is 0 Å². The van der Waals surface area contributed by atoms with E-state index < -0.39 is 10.0 Å². The molecular weight excluding hydrogens is 398 g/mol. The Labute approximate surface area is 167 Å². The lowest BCUT2D eigenvalue weighted by Gasteiger charge is -2.16. The molecule has 1 N–H and O–H groups in total. The first-order chi connectivity index (χ1) is 13.3. The van der Waals surface area contributed by atoms with Gasteiger partial charge < -0.3 is 4.74 Å². The van der Waals surface area contributed by atoms with Crippen molar-refractivity contribution in [3.8, 4) is 5.75 Å². The Kier molecular flexibility index (Phi) is 4.72. The van der Waals surface area contributed by atoms with E-state index in [-0.39, 0.29) is 5.91 Å². The smallest absolute Gasteiger partial charge is 0.257 e. The fraction of sp³-hybridized carbons (Fsp3) is 0.263. The molecule has 3 aromatic rings. The molecule has 0 atom stereocenters. The van der Waals surface area contributed by atoms with Crippen LogP contribution in [0.2, 0.25) is 0 Å². The van der Waals surface area contributed by atoms with Crippen molar-refractivity contribution in [1.29, 1.82) is 0 Å². The van der Waals surface area contributed by atoms with Gasteiger partial charge in [-0.2, -0.15) is 0 Å². The molecule has 0 radical (unpaired) electrons. The molecule has 1 aromatic heterocycles. The number of benzene rings is 2. The summed E-state index contributed by atoms with van der Waals surface area (Å²) in [5.74, 6) is 0.496. The van der Waals surface area contributed by atoms with E-state index in [1.165, 1.54) is 21.9 Å². The zero-order valence-corrected chi connectivity index (χ0v) is 17.1. The predicted molar refractivity (Wildman–Crippen MR) is 111 cm³/mol. The van der Waals surface area contributed by atoms with Crippen LogP contribution >= 0.6 is 11.3 Å². The lowest BCUT2D eigenvalue weighted by molar-refractivity contribution is 0.102. The number of hydrogen-bond acceptors (Lipinski definition) is 6. The van der Waals surface area contributed by atoms with Crippen molar-refractivity contribution < 1.29 is 17.9 Å². The van der Waals surface area contributed by atoms with E-state index in [0.29, 0.717) is 36.0 Å². The van der Waals surface area contributed by atoms with Gasteiger partial charge >= 0.3 is 0 Å². The van der Waals surface area contributed by atoms with Gasteiger partial charge in [-0.3, -0.25) is 14.4 Å². The number of nitrogens with one attached hydrogen (secondary N) is 1. The highest BCUT2D eigenvalue weighted by Crippen LogP contribution is 2.32. The zero-order chi connectivity index (χ0) is 19.9. The van der Waals surface area contributed by atoms with Crippen LogP contribution in [0.5, 0.6) is 5.75 Å². The zero-order valence-electron chi connectivity index (χ0n) is 15.4. The SMILES string of the molecule is CCOc1ccc2nc(NC(=O)c3ccc4c(c3)CCN4S(C)(=O)=O)sc2c1. The van der Waals surface area contributed by atoms with Crippen LogP contribution in [0.15, 0.2) is 36.4 Å². The number of fused-ring (bicyclic) bond motifs is 2. The first-order valence-corrected chi connectivity index (χ1v) is 11.5. The van der Waals surface area contributed by atoms with Crippen molar-refractivity contribution in [2.45, 2.75) is 13.3 Å². The van der Waals surface area contributed by atoms with Gasteiger partial charge in [0.15, 0.2) is 5.13 Å². The van der Waals surface area contributed by atoms with Crippen LogP contribution in [0.1, 0.15) is 22.8 Å². The lowest BCUT2D eigenvalue weighted by atomic mass is 10.1. The van der Waals surface area contributed by atoms with E-state index >= 15 is 0 Å². The molecule has 0 spiro atoms. The van der Waals surface area contributed by atoms with Crippen molar-refractivity contribution in [1.82, 2.24) is 4.98 Å². The van der Waals surface area contributed by atoms with Crippen molar-refractivity contribution in [3.05, 3.63) is 47.5 Å². The minimum absolute atomic E-state index is 0.273. The molecule has 28 heavy (non-hydrogen) atoms. The normalized spacial score (nSPS) is 13.6. The average Bonchev–Trinajstić information content (AvgIpc) is 3.23. The number of amides is 1. The molecule has 0 saturated heterocycles. The molecule has 1 aliphatic heterocycles. The second kappa shape index (κ2) is 7.06. The number of rotatable bonds is 5. The van der Waals surface area contributed by atoms with Gasteiger partial charge in [-0.1, -0.05) is 11.3 Å². The summed E-state index contributed by atoms with van der Waals surface area (Å²) in [6.07, 6.45) is 1.78. The summed E-state index contributed by atoms with van der Waals surface area (Å²) in [5.41, 5.74) is 2.76. The predicted octanol–water partition coefficient (Wildman–Crippen LogP) is 3.27. The maximum absolute atomic E-state index is 12.6. The summed E-state index contributed by atoms with van der Waals surface area (Å²) in [6, 6.07) is 10.7. The van der Waals surface area contributed by atoms with Crippen LogP contribution in [0, 0.1) is 0 Å². The Hall–Kier alpha value is -2.65. The van der Waals surface area contributed by atoms with E-state index in [0.717, 1.165) is 21.5 Å². The highest BCUT2D eigenvalue weighted by Gasteiger charge is 2.26. The first-order valence-electron chi connectivity index (χ1n) is 8.80. The van der Waals surface area contributed by atoms with E-state index in [4.69, 9.17) is 4.74 Å². The molecule has 0 aliphatic carbocycles. The van der Waals surface area contributed by atoms with E-state index in [2.05, 4.69) is 10.3 Å². The van der Waals surface area contributed by atoms with Gasteiger partial charge in [0.1, 0.15) is 5.75 Å². The topological polar surface area (TPSA) is 88.6 Å². The van der Waals surface area contributed by atoms with Crippen LogP contribution in [0.25, 0.3) is 10.2 Å². The van der Waals surface area contributed by atoms with Gasteiger partial charge in [-0.25, -0.2) is 13.4 Å². The van der Waals surface area contributed by atoms with Gasteiger partial charge in [0.05, 0.1) is 28.8 Å². The first kappa shape index (κ1) is 18.7. The molecule has 9 heteroatoms. The minimum Gasteiger partial charge on any atom is -0.494 e. The number of carbonyl (C=O) groups excluding carboxylic acids is 1. The van der Waals surface area contributed by atoms with Gasteiger partial charge in [0.2, 0.25) is 10.0 Å². The number of nitrogens with zero attached hydrogens (tertiary/aromatic N) is 2. The van der Waals surface area contributed by atoms with Gasteiger partial charge in [0, 0.05) is 12.1 Å². The van der Waals surface area contributed by atoms with Crippen molar-refractivity contribution in [2.24, 2.45) is 0 Å². The Balaban J connectivity index is 1.55. The maximum atomic E-state index is 12.6. The molecule has 2 heterocycles. The number of aromatic nitrogens is 1. The Morgan fingerprint density at radius 1 is 1.29 bits per heavy atom. The molecule has 2 aromatic carbocycles. The van der Waals surface area contributed by atoms with Gasteiger partial charge in [-0.15, -0.1) is 0 Å². The Morgan fingerprint density at radius 3 is 2.86 bits per heavy atom. The standard InChI is InChI=1S/C19H19N3O4S2/c1-3-26-14-5-6-15-17(11-14)27-19(20-15)21-18(23)13-4-7-16-12(10-13)8-9-22(16)28(2,24)25/h4-7,10-11H,3,8-9H2,1-2H3,(H,20,21,23). The second-order valence-corrected chi connectivity index (χ2v) is 9.40. The Morgan fingerprint density at radius 2 is 2.11 bits per heavy atom. The van der Waals surface area contributed by atoms with Gasteiger partial charge in [0.25, 0.3) is 5.91 Å². The number of anilines is 2. The highest BCUT2D eigenvalue weighted by atomic mass is 32.2. The second-order valence-electron chi connectivity index (χ2n) is 6.46. The quantitative estimate of drug-likeness (QED) is 0.688. The van der Waals surface area contributed by atoms with Crippen LogP contribution in [-0.4, -0.2) is 38.7 Å². The van der Waals surface area contributed by atoms with Crippen LogP contribution < -0.4 is 14.4 Å². The molecule has 0 saturated carbocycles. The number of thiazole rings is 1. The van der Waals surface area contributed by atoms with E-state index in [1.54, 1.807) is 18.2 Å². The summed E-state index contributed by atoms with van der Waals surface area (Å²) in [5, 5.41) is 3.33. The highest BCUT2D eigenvalue weighted by molar-refractivity contribution is 7.92. The fourth-order valence-electron chi connectivity index (χ4n) is 3.24. The average molecular weight is 418 g/mol. The molecule has 0 bridgehead atoms. The summed E-state index contributed by atoms with van der Waals surface area (Å²) >= 11 is 1.38. The maximum Gasteiger partial charge on any atom is 0.257 e. The number of hydrogen-bond donors (Lipinski definition) is 1. The molecule has 146 valence electrons. The van der Waals surface area contributed by atoms with Gasteiger partial charge in [-0.05, 0) is 55.3 Å². The van der Waals surface area contributed by atoms with Crippen molar-refractivity contribution in [3.63, 3.8) is 0 Å². The molecule has 1 aliphatic rings. The third kappa shape index (κ3) is 3.55. The molecule has 4 rings (SSSR count). The van der Waals surface area contributed by atoms with Crippen molar-refractivity contribution in [2.75, 3.05) is 29.0 Å². The summed E-state index contributed by atoms with van der Waals surface area (Å²) in [6.45, 7) is 2.91. The third-order valence-corrected chi connectivity index (χ3v) is 6.60. The minimum atomic E-state index is -3.31. The molecule has 0 fully saturated rings. The van der Waals surface area contributed by atoms with Crippen LogP contribution in [0.4, 0.5) is 10.8 Å². The van der Waals surface area contributed by atoms with Crippen molar-refractivity contribution >= 4 is 48.3 Å². The summed E-state index contributed by atoms with van der Waals surface area (Å²) in [4.78, 5) is 17.1. The molecular formula is C19H19N3O4S2. The number of ether oxygens (including phenoxy) is 1. The number of carbonyl (C=O) groups is 1. The lowest BCUT2D eigenvalue weighted by Crippen LogP contribution is -2.27. The van der Waals surface area contributed by atoms with E-state index in [9.17, 15) is 13.2 Å². The summed E-state index contributed by atoms with van der Waals surface area (Å²) < 4.78 is 31.5.